The number of para-hydroxylation sites is 1. The van der Waals surface area contributed by atoms with Crippen LogP contribution in [0.5, 0.6) is 0 Å². The number of nitrogens with two attached hydrogens (primary N) is 1. The zero-order valence-electron chi connectivity index (χ0n) is 12.0. The van der Waals surface area contributed by atoms with Crippen LogP contribution in [0.1, 0.15) is 23.7 Å². The highest BCUT2D eigenvalue weighted by Crippen LogP contribution is 2.24. The van der Waals surface area contributed by atoms with Gasteiger partial charge in [0.2, 0.25) is 0 Å². The molecule has 1 aliphatic rings. The van der Waals surface area contributed by atoms with Crippen LogP contribution in [0, 0.1) is 5.92 Å². The van der Waals surface area contributed by atoms with Crippen LogP contribution in [0.25, 0.3) is 10.9 Å². The molecule has 0 radical (unpaired) electrons. The molecular weight excluding hydrogens is 266 g/mol. The maximum atomic E-state index is 12.8. The summed E-state index contributed by atoms with van der Waals surface area (Å²) in [6, 6.07) is 9.14. The smallest absolute Gasteiger partial charge is 0.254 e. The molecule has 1 aromatic heterocycles. The number of pyridine rings is 1. The maximum absolute atomic E-state index is 12.8. The number of hydrogen-bond acceptors (Lipinski definition) is 4. The quantitative estimate of drug-likeness (QED) is 0.835. The molecule has 0 spiro atoms. The number of carbonyl (C=O) groups excluding carboxylic acids is 1. The van der Waals surface area contributed by atoms with E-state index in [1.165, 1.54) is 0 Å². The zero-order valence-corrected chi connectivity index (χ0v) is 12.0. The number of aromatic nitrogens is 1. The first kappa shape index (κ1) is 13.8. The van der Waals surface area contributed by atoms with E-state index in [0.717, 1.165) is 10.9 Å². The highest BCUT2D eigenvalue weighted by Gasteiger charge is 2.28. The van der Waals surface area contributed by atoms with Crippen LogP contribution < -0.4 is 5.73 Å². The molecule has 1 fully saturated rings. The van der Waals surface area contributed by atoms with Crippen molar-refractivity contribution in [3.05, 3.63) is 35.9 Å². The molecular formula is C16H19N3O2. The Bertz CT molecular complexity index is 686. The second-order valence-electron chi connectivity index (χ2n) is 5.70. The summed E-state index contributed by atoms with van der Waals surface area (Å²) in [5.74, 6) is 0.398. The molecule has 1 aromatic carbocycles. The lowest BCUT2D eigenvalue weighted by Crippen LogP contribution is -2.45. The summed E-state index contributed by atoms with van der Waals surface area (Å²) in [5.41, 5.74) is 7.13. The number of likely N-dealkylation sites (tertiary alicyclic amines) is 1. The summed E-state index contributed by atoms with van der Waals surface area (Å²) < 4.78 is 0. The summed E-state index contributed by atoms with van der Waals surface area (Å²) in [4.78, 5) is 18.8. The molecule has 21 heavy (non-hydrogen) atoms. The largest absolute Gasteiger partial charge is 0.393 e. The first-order valence-electron chi connectivity index (χ1n) is 7.19. The van der Waals surface area contributed by atoms with Gasteiger partial charge in [0, 0.05) is 18.5 Å². The van der Waals surface area contributed by atoms with Gasteiger partial charge in [-0.1, -0.05) is 25.1 Å². The molecule has 2 heterocycles. The maximum Gasteiger partial charge on any atom is 0.254 e. The highest BCUT2D eigenvalue weighted by atomic mass is 16.3. The Morgan fingerprint density at radius 2 is 2.19 bits per heavy atom. The Morgan fingerprint density at radius 3 is 2.95 bits per heavy atom. The number of aliphatic hydroxyl groups is 1. The van der Waals surface area contributed by atoms with Gasteiger partial charge < -0.3 is 15.7 Å². The predicted molar refractivity (Wildman–Crippen MR) is 81.8 cm³/mol. The second-order valence-corrected chi connectivity index (χ2v) is 5.70. The lowest BCUT2D eigenvalue weighted by molar-refractivity contribution is 0.0299. The molecule has 2 atom stereocenters. The number of rotatable bonds is 1. The van der Waals surface area contributed by atoms with Crippen molar-refractivity contribution in [3.8, 4) is 0 Å². The fourth-order valence-corrected chi connectivity index (χ4v) is 2.86. The van der Waals surface area contributed by atoms with Crippen LogP contribution in [-0.2, 0) is 0 Å². The Labute approximate surface area is 123 Å². The van der Waals surface area contributed by atoms with Gasteiger partial charge in [-0.3, -0.25) is 4.79 Å². The fraction of sp³-hybridized carbons (Fsp3) is 0.375. The molecule has 0 aliphatic carbocycles. The van der Waals surface area contributed by atoms with E-state index in [1.807, 2.05) is 31.2 Å². The number of nitrogens with zero attached hydrogens (tertiary/aromatic N) is 2. The molecule has 5 nitrogen and oxygen atoms in total. The third-order valence-corrected chi connectivity index (χ3v) is 4.11. The SMILES string of the molecule is CC1CN(C(=O)c2cc(N)nc3ccccc23)CCC1O. The fourth-order valence-electron chi connectivity index (χ4n) is 2.86. The number of carbonyl (C=O) groups is 1. The number of nitrogen functional groups attached to an aromatic ring is 1. The molecule has 110 valence electrons. The van der Waals surface area contributed by atoms with Crippen molar-refractivity contribution in [2.45, 2.75) is 19.4 Å². The highest BCUT2D eigenvalue weighted by molar-refractivity contribution is 6.06. The van der Waals surface area contributed by atoms with Gasteiger partial charge in [0.15, 0.2) is 0 Å². The predicted octanol–water partition coefficient (Wildman–Crippen LogP) is 1.66. The summed E-state index contributed by atoms with van der Waals surface area (Å²) in [7, 11) is 0. The summed E-state index contributed by atoms with van der Waals surface area (Å²) in [5, 5.41) is 10.6. The third-order valence-electron chi connectivity index (χ3n) is 4.11. The molecule has 1 saturated heterocycles. The number of amides is 1. The van der Waals surface area contributed by atoms with Crippen molar-refractivity contribution in [1.29, 1.82) is 0 Å². The Kier molecular flexibility index (Phi) is 3.51. The molecule has 0 bridgehead atoms. The van der Waals surface area contributed by atoms with E-state index in [2.05, 4.69) is 4.98 Å². The standard InChI is InChI=1S/C16H19N3O2/c1-10-9-19(7-6-14(10)20)16(21)12-8-15(17)18-13-5-3-2-4-11(12)13/h2-5,8,10,14,20H,6-7,9H2,1H3,(H2,17,18). The van der Waals surface area contributed by atoms with Gasteiger partial charge in [0.1, 0.15) is 5.82 Å². The monoisotopic (exact) mass is 285 g/mol. The molecule has 3 N–H and O–H groups in total. The first-order valence-corrected chi connectivity index (χ1v) is 7.19. The van der Waals surface area contributed by atoms with Gasteiger partial charge >= 0.3 is 0 Å². The van der Waals surface area contributed by atoms with Crippen molar-refractivity contribution < 1.29 is 9.90 Å². The molecule has 1 aliphatic heterocycles. The molecule has 3 rings (SSSR count). The van der Waals surface area contributed by atoms with E-state index in [0.29, 0.717) is 30.9 Å². The van der Waals surface area contributed by atoms with E-state index in [4.69, 9.17) is 5.73 Å². The number of anilines is 1. The van der Waals surface area contributed by atoms with Crippen molar-refractivity contribution in [2.75, 3.05) is 18.8 Å². The Balaban J connectivity index is 1.98. The molecule has 2 aromatic rings. The Morgan fingerprint density at radius 1 is 1.43 bits per heavy atom. The molecule has 0 saturated carbocycles. The van der Waals surface area contributed by atoms with Crippen LogP contribution in [-0.4, -0.2) is 40.1 Å². The first-order chi connectivity index (χ1) is 10.1. The topological polar surface area (TPSA) is 79.5 Å². The van der Waals surface area contributed by atoms with E-state index < -0.39 is 0 Å². The van der Waals surface area contributed by atoms with Crippen LogP contribution in [0.4, 0.5) is 5.82 Å². The molecule has 5 heteroatoms. The number of fused-ring (bicyclic) bond motifs is 1. The van der Waals surface area contributed by atoms with E-state index in [1.54, 1.807) is 11.0 Å². The lowest BCUT2D eigenvalue weighted by Gasteiger charge is -2.34. The van der Waals surface area contributed by atoms with E-state index in [9.17, 15) is 9.90 Å². The number of aliphatic hydroxyl groups excluding tert-OH is 1. The van der Waals surface area contributed by atoms with E-state index >= 15 is 0 Å². The average molecular weight is 285 g/mol. The van der Waals surface area contributed by atoms with Gasteiger partial charge in [-0.25, -0.2) is 4.98 Å². The average Bonchev–Trinajstić information content (AvgIpc) is 2.48. The number of piperidine rings is 1. The molecule has 1 amide bonds. The van der Waals surface area contributed by atoms with Gasteiger partial charge in [0.05, 0.1) is 17.2 Å². The van der Waals surface area contributed by atoms with E-state index in [-0.39, 0.29) is 17.9 Å². The van der Waals surface area contributed by atoms with Crippen LogP contribution in [0.15, 0.2) is 30.3 Å². The molecule has 2 unspecified atom stereocenters. The minimum absolute atomic E-state index is 0.0425. The van der Waals surface area contributed by atoms with Gasteiger partial charge in [0.25, 0.3) is 5.91 Å². The van der Waals surface area contributed by atoms with Crippen molar-refractivity contribution in [3.63, 3.8) is 0 Å². The van der Waals surface area contributed by atoms with Crippen LogP contribution >= 0.6 is 0 Å². The zero-order chi connectivity index (χ0) is 15.0. The minimum atomic E-state index is -0.326. The number of hydrogen-bond donors (Lipinski definition) is 2. The second kappa shape index (κ2) is 5.33. The van der Waals surface area contributed by atoms with Crippen molar-refractivity contribution in [2.24, 2.45) is 5.92 Å². The van der Waals surface area contributed by atoms with Gasteiger partial charge in [-0.05, 0) is 24.5 Å². The summed E-state index contributed by atoms with van der Waals surface area (Å²) in [6.07, 6.45) is 0.291. The van der Waals surface area contributed by atoms with Gasteiger partial charge in [-0.2, -0.15) is 0 Å². The number of benzene rings is 1. The summed E-state index contributed by atoms with van der Waals surface area (Å²) in [6.45, 7) is 3.10. The van der Waals surface area contributed by atoms with Crippen molar-refractivity contribution in [1.82, 2.24) is 9.88 Å². The van der Waals surface area contributed by atoms with Crippen molar-refractivity contribution >= 4 is 22.6 Å². The lowest BCUT2D eigenvalue weighted by atomic mass is 9.96. The summed E-state index contributed by atoms with van der Waals surface area (Å²) >= 11 is 0. The normalized spacial score (nSPS) is 22.5. The third kappa shape index (κ3) is 2.56. The minimum Gasteiger partial charge on any atom is -0.393 e. The van der Waals surface area contributed by atoms with Crippen LogP contribution in [0.3, 0.4) is 0 Å². The Hall–Kier alpha value is -2.14. The van der Waals surface area contributed by atoms with Gasteiger partial charge in [-0.15, -0.1) is 0 Å². The van der Waals surface area contributed by atoms with Crippen LogP contribution in [0.2, 0.25) is 0 Å².